The second-order valence-electron chi connectivity index (χ2n) is 14.6. The monoisotopic (exact) mass is 682 g/mol. The fraction of sp³-hybridized carbons (Fsp3) is 0.0833. The zero-order valence-electron chi connectivity index (χ0n) is 29.3. The second-order valence-corrected chi connectivity index (χ2v) is 14.6. The van der Waals surface area contributed by atoms with Gasteiger partial charge >= 0.3 is 0 Å². The Morgan fingerprint density at radius 2 is 1.38 bits per heavy atom. The van der Waals surface area contributed by atoms with Crippen molar-refractivity contribution in [3.05, 3.63) is 186 Å². The minimum absolute atomic E-state index is 0.128. The summed E-state index contributed by atoms with van der Waals surface area (Å²) in [6.07, 6.45) is -0.307. The van der Waals surface area contributed by atoms with Crippen LogP contribution in [0.3, 0.4) is 0 Å². The average molecular weight is 683 g/mol. The lowest BCUT2D eigenvalue weighted by Gasteiger charge is -2.24. The Labute approximate surface area is 306 Å². The van der Waals surface area contributed by atoms with Gasteiger partial charge < -0.3 is 14.3 Å². The molecule has 5 nitrogen and oxygen atoms in total. The number of benzene rings is 7. The number of hydrogen-bond donors (Lipinski definition) is 1. The van der Waals surface area contributed by atoms with Gasteiger partial charge in [0.1, 0.15) is 23.2 Å². The number of nitrogens with one attached hydrogen (secondary N) is 1. The van der Waals surface area contributed by atoms with Crippen molar-refractivity contribution < 1.29 is 4.42 Å². The molecule has 9 aromatic rings. The van der Waals surface area contributed by atoms with Gasteiger partial charge in [0.05, 0.1) is 11.0 Å². The molecule has 0 radical (unpaired) electrons. The third-order valence-electron chi connectivity index (χ3n) is 11.2. The summed E-state index contributed by atoms with van der Waals surface area (Å²) in [6.45, 7) is 4.73. The van der Waals surface area contributed by atoms with Crippen molar-refractivity contribution in [3.8, 4) is 16.8 Å². The highest BCUT2D eigenvalue weighted by atomic mass is 16.3. The van der Waals surface area contributed by atoms with Crippen LogP contribution in [0.25, 0.3) is 60.6 Å². The summed E-state index contributed by atoms with van der Waals surface area (Å²) in [6, 6.07) is 55.8. The molecular weight excluding hydrogens is 649 g/mol. The lowest BCUT2D eigenvalue weighted by atomic mass is 9.80. The van der Waals surface area contributed by atoms with Crippen LogP contribution in [0.15, 0.2) is 172 Å². The summed E-state index contributed by atoms with van der Waals surface area (Å²) in [5, 5.41) is 8.40. The van der Waals surface area contributed by atoms with Crippen molar-refractivity contribution in [3.63, 3.8) is 0 Å². The van der Waals surface area contributed by atoms with Crippen LogP contribution in [-0.2, 0) is 5.41 Å². The molecule has 11 rings (SSSR count). The molecule has 0 saturated carbocycles. The lowest BCUT2D eigenvalue weighted by Crippen LogP contribution is -2.33. The Morgan fingerprint density at radius 1 is 0.604 bits per heavy atom. The number of furan rings is 1. The van der Waals surface area contributed by atoms with E-state index in [4.69, 9.17) is 14.4 Å². The van der Waals surface area contributed by atoms with Gasteiger partial charge in [-0.05, 0) is 76.3 Å². The van der Waals surface area contributed by atoms with Crippen LogP contribution in [0.4, 0.5) is 0 Å². The predicted octanol–water partition coefficient (Wildman–Crippen LogP) is 11.5. The molecule has 1 unspecified atom stereocenters. The van der Waals surface area contributed by atoms with E-state index in [2.05, 4.69) is 151 Å². The zero-order chi connectivity index (χ0) is 35.3. The molecule has 7 aromatic carbocycles. The number of aromatic nitrogens is 1. The van der Waals surface area contributed by atoms with Gasteiger partial charge in [0.15, 0.2) is 5.84 Å². The van der Waals surface area contributed by atoms with Crippen molar-refractivity contribution in [2.45, 2.75) is 25.4 Å². The van der Waals surface area contributed by atoms with Gasteiger partial charge in [0, 0.05) is 43.8 Å². The van der Waals surface area contributed by atoms with Crippen LogP contribution in [0, 0.1) is 0 Å². The molecule has 252 valence electrons. The summed E-state index contributed by atoms with van der Waals surface area (Å²) in [7, 11) is 0. The third kappa shape index (κ3) is 4.44. The normalized spacial score (nSPS) is 16.1. The highest BCUT2D eigenvalue weighted by molar-refractivity contribution is 6.17. The maximum atomic E-state index is 6.15. The summed E-state index contributed by atoms with van der Waals surface area (Å²) >= 11 is 0. The summed E-state index contributed by atoms with van der Waals surface area (Å²) in [5.41, 5.74) is 13.5. The van der Waals surface area contributed by atoms with Gasteiger partial charge in [-0.15, -0.1) is 0 Å². The highest BCUT2D eigenvalue weighted by Gasteiger charge is 2.38. The third-order valence-corrected chi connectivity index (χ3v) is 11.2. The zero-order valence-corrected chi connectivity index (χ0v) is 29.3. The van der Waals surface area contributed by atoms with E-state index in [1.54, 1.807) is 0 Å². The van der Waals surface area contributed by atoms with Crippen molar-refractivity contribution in [1.29, 1.82) is 0 Å². The van der Waals surface area contributed by atoms with Gasteiger partial charge in [-0.2, -0.15) is 0 Å². The summed E-state index contributed by atoms with van der Waals surface area (Å²) in [5.74, 6) is 1.46. The lowest BCUT2D eigenvalue weighted by molar-refractivity contribution is 0.666. The number of rotatable bonds is 4. The molecule has 1 aliphatic heterocycles. The Morgan fingerprint density at radius 3 is 2.28 bits per heavy atom. The Balaban J connectivity index is 1.08. The highest BCUT2D eigenvalue weighted by Crippen LogP contribution is 2.53. The molecule has 5 heteroatoms. The van der Waals surface area contributed by atoms with Crippen LogP contribution in [0.1, 0.15) is 47.8 Å². The van der Waals surface area contributed by atoms with Crippen molar-refractivity contribution in [2.24, 2.45) is 9.98 Å². The summed E-state index contributed by atoms with van der Waals surface area (Å²) in [4.78, 5) is 10.4. The van der Waals surface area contributed by atoms with E-state index in [1.165, 1.54) is 44.1 Å². The maximum Gasteiger partial charge on any atom is 0.159 e. The van der Waals surface area contributed by atoms with Gasteiger partial charge in [-0.3, -0.25) is 0 Å². The second kappa shape index (κ2) is 11.1. The Bertz CT molecular complexity index is 3020. The molecule has 3 heterocycles. The van der Waals surface area contributed by atoms with Gasteiger partial charge in [-0.1, -0.05) is 123 Å². The molecule has 1 aliphatic carbocycles. The number of para-hydroxylation sites is 2. The first-order chi connectivity index (χ1) is 26.0. The van der Waals surface area contributed by atoms with Gasteiger partial charge in [-0.25, -0.2) is 9.98 Å². The quantitative estimate of drug-likeness (QED) is 0.201. The smallest absolute Gasteiger partial charge is 0.159 e. The molecule has 2 aliphatic rings. The minimum atomic E-state index is -0.307. The van der Waals surface area contributed by atoms with Crippen molar-refractivity contribution >= 4 is 55.4 Å². The molecule has 1 N–H and O–H groups in total. The van der Waals surface area contributed by atoms with Crippen LogP contribution in [0.2, 0.25) is 0 Å². The SMILES string of the molecule is CC1(C)c2ccccc2-c2ccc3c(c21)c1ccccc1n3-c1cccc(C2=NC(c3ccc4oc5ccccc5c4c3)=NC(c3ccccc3)N2)c1. The number of fused-ring (bicyclic) bond motifs is 10. The largest absolute Gasteiger partial charge is 0.456 e. The average Bonchev–Trinajstić information content (AvgIpc) is 3.83. The van der Waals surface area contributed by atoms with Gasteiger partial charge in [0.25, 0.3) is 0 Å². The fourth-order valence-electron chi connectivity index (χ4n) is 8.80. The molecule has 2 aromatic heterocycles. The number of hydrogen-bond acceptors (Lipinski definition) is 4. The Hall–Kier alpha value is -6.72. The van der Waals surface area contributed by atoms with E-state index in [0.29, 0.717) is 5.84 Å². The molecule has 0 spiro atoms. The molecule has 0 amide bonds. The first kappa shape index (κ1) is 30.0. The molecule has 0 fully saturated rings. The number of amidine groups is 2. The Kier molecular flexibility index (Phi) is 6.30. The minimum Gasteiger partial charge on any atom is -0.456 e. The van der Waals surface area contributed by atoms with E-state index in [1.807, 2.05) is 30.3 Å². The summed E-state index contributed by atoms with van der Waals surface area (Å²) < 4.78 is 8.56. The van der Waals surface area contributed by atoms with Crippen LogP contribution in [0.5, 0.6) is 0 Å². The predicted molar refractivity (Wildman–Crippen MR) is 217 cm³/mol. The molecule has 53 heavy (non-hydrogen) atoms. The first-order valence-corrected chi connectivity index (χ1v) is 18.2. The standard InChI is InChI=1S/C48H34N4O/c1-48(2)38-20-9-6-17-33(38)35-24-25-40-43(44(35)48)36-19-7-10-21-39(36)52(40)32-16-12-15-30(27-32)46-49-45(29-13-4-3-5-14-29)50-47(51-46)31-23-26-42-37(28-31)34-18-8-11-22-41(34)53-42/h3-28,45H,1-2H3,(H,49,50,51). The molecule has 0 bridgehead atoms. The molecule has 0 saturated heterocycles. The number of nitrogens with zero attached hydrogens (tertiary/aromatic N) is 3. The van der Waals surface area contributed by atoms with E-state index < -0.39 is 0 Å². The van der Waals surface area contributed by atoms with Crippen LogP contribution in [-0.4, -0.2) is 16.2 Å². The van der Waals surface area contributed by atoms with E-state index in [9.17, 15) is 0 Å². The van der Waals surface area contributed by atoms with E-state index >= 15 is 0 Å². The van der Waals surface area contributed by atoms with Gasteiger partial charge in [0.2, 0.25) is 0 Å². The topological polar surface area (TPSA) is 54.8 Å². The van der Waals surface area contributed by atoms with E-state index in [0.717, 1.165) is 50.2 Å². The number of aliphatic imine (C=N–C) groups is 2. The van der Waals surface area contributed by atoms with E-state index in [-0.39, 0.29) is 11.6 Å². The molecular formula is C48H34N4O. The fourth-order valence-corrected chi connectivity index (χ4v) is 8.80. The molecule has 1 atom stereocenters. The maximum absolute atomic E-state index is 6.15. The van der Waals surface area contributed by atoms with Crippen LogP contribution < -0.4 is 5.32 Å². The van der Waals surface area contributed by atoms with Crippen LogP contribution >= 0.6 is 0 Å². The van der Waals surface area contributed by atoms with Crippen molar-refractivity contribution in [1.82, 2.24) is 9.88 Å². The first-order valence-electron chi connectivity index (χ1n) is 18.2. The van der Waals surface area contributed by atoms with Crippen molar-refractivity contribution in [2.75, 3.05) is 0 Å².